The molecule has 0 aromatic heterocycles. The molecule has 0 heterocycles. The normalized spacial score (nSPS) is 12.9. The second-order valence-corrected chi connectivity index (χ2v) is 5.19. The highest BCUT2D eigenvalue weighted by atomic mass is 35.5. The van der Waals surface area contributed by atoms with Gasteiger partial charge in [-0.2, -0.15) is 0 Å². The molecule has 3 N–H and O–H groups in total. The standard InChI is InChI=1S/C12H17Cl2FN2/c1-7(2)8(5-16)6-17-9-3-10(13)12(15)11(14)4-9/h3-4,7-8,17H,5-6,16H2,1-2H3. The summed E-state index contributed by atoms with van der Waals surface area (Å²) < 4.78 is 13.2. The molecular formula is C12H17Cl2FN2. The molecule has 0 saturated carbocycles. The summed E-state index contributed by atoms with van der Waals surface area (Å²) in [6.07, 6.45) is 0. The molecule has 17 heavy (non-hydrogen) atoms. The maximum Gasteiger partial charge on any atom is 0.160 e. The van der Waals surface area contributed by atoms with E-state index >= 15 is 0 Å². The second-order valence-electron chi connectivity index (χ2n) is 4.37. The van der Waals surface area contributed by atoms with E-state index in [1.54, 1.807) is 0 Å². The Labute approximate surface area is 111 Å². The summed E-state index contributed by atoms with van der Waals surface area (Å²) in [6.45, 7) is 5.55. The van der Waals surface area contributed by atoms with Crippen molar-refractivity contribution in [2.75, 3.05) is 18.4 Å². The Kier molecular flexibility index (Phi) is 5.50. The lowest BCUT2D eigenvalue weighted by Gasteiger charge is -2.20. The Morgan fingerprint density at radius 2 is 1.82 bits per heavy atom. The van der Waals surface area contributed by atoms with Gasteiger partial charge in [-0.1, -0.05) is 37.0 Å². The molecule has 0 radical (unpaired) electrons. The molecule has 0 bridgehead atoms. The van der Waals surface area contributed by atoms with Crippen molar-refractivity contribution in [2.24, 2.45) is 17.6 Å². The number of hydrogen-bond acceptors (Lipinski definition) is 2. The van der Waals surface area contributed by atoms with Crippen molar-refractivity contribution >= 4 is 28.9 Å². The van der Waals surface area contributed by atoms with Gasteiger partial charge in [0.1, 0.15) is 0 Å². The maximum atomic E-state index is 13.2. The largest absolute Gasteiger partial charge is 0.385 e. The van der Waals surface area contributed by atoms with Crippen LogP contribution in [0.5, 0.6) is 0 Å². The molecule has 1 aromatic carbocycles. The van der Waals surface area contributed by atoms with Crippen LogP contribution in [0.2, 0.25) is 10.0 Å². The first-order valence-corrected chi connectivity index (χ1v) is 6.29. The summed E-state index contributed by atoms with van der Waals surface area (Å²) in [7, 11) is 0. The van der Waals surface area contributed by atoms with E-state index in [-0.39, 0.29) is 10.0 Å². The number of benzene rings is 1. The van der Waals surface area contributed by atoms with Gasteiger partial charge in [0, 0.05) is 12.2 Å². The molecule has 0 spiro atoms. The molecule has 1 atom stereocenters. The van der Waals surface area contributed by atoms with Crippen LogP contribution in [0.1, 0.15) is 13.8 Å². The first kappa shape index (κ1) is 14.6. The van der Waals surface area contributed by atoms with Crippen molar-refractivity contribution < 1.29 is 4.39 Å². The fourth-order valence-electron chi connectivity index (χ4n) is 1.50. The summed E-state index contributed by atoms with van der Waals surface area (Å²) in [4.78, 5) is 0. The van der Waals surface area contributed by atoms with Crippen LogP contribution < -0.4 is 11.1 Å². The van der Waals surface area contributed by atoms with Crippen LogP contribution in [-0.4, -0.2) is 13.1 Å². The average molecular weight is 279 g/mol. The predicted octanol–water partition coefficient (Wildman–Crippen LogP) is 3.78. The third kappa shape index (κ3) is 4.02. The molecule has 0 amide bonds. The van der Waals surface area contributed by atoms with Crippen molar-refractivity contribution in [1.29, 1.82) is 0 Å². The van der Waals surface area contributed by atoms with E-state index in [2.05, 4.69) is 19.2 Å². The second kappa shape index (κ2) is 6.43. The zero-order valence-corrected chi connectivity index (χ0v) is 11.4. The molecule has 96 valence electrons. The van der Waals surface area contributed by atoms with Crippen molar-refractivity contribution in [3.05, 3.63) is 28.0 Å². The van der Waals surface area contributed by atoms with Gasteiger partial charge in [-0.05, 0) is 30.5 Å². The lowest BCUT2D eigenvalue weighted by molar-refractivity contribution is 0.413. The minimum Gasteiger partial charge on any atom is -0.385 e. The SMILES string of the molecule is CC(C)C(CN)CNc1cc(Cl)c(F)c(Cl)c1. The molecule has 1 aromatic rings. The van der Waals surface area contributed by atoms with Crippen LogP contribution in [0, 0.1) is 17.7 Å². The molecule has 0 aliphatic carbocycles. The Morgan fingerprint density at radius 3 is 2.24 bits per heavy atom. The van der Waals surface area contributed by atoms with Gasteiger partial charge < -0.3 is 11.1 Å². The third-order valence-electron chi connectivity index (χ3n) is 2.80. The van der Waals surface area contributed by atoms with Crippen molar-refractivity contribution in [2.45, 2.75) is 13.8 Å². The third-order valence-corrected chi connectivity index (χ3v) is 3.35. The van der Waals surface area contributed by atoms with Crippen LogP contribution in [-0.2, 0) is 0 Å². The monoisotopic (exact) mass is 278 g/mol. The summed E-state index contributed by atoms with van der Waals surface area (Å²) in [5, 5.41) is 3.21. The molecule has 0 fully saturated rings. The predicted molar refractivity (Wildman–Crippen MR) is 72.3 cm³/mol. The zero-order chi connectivity index (χ0) is 13.0. The van der Waals surface area contributed by atoms with Gasteiger partial charge in [0.25, 0.3) is 0 Å². The molecular weight excluding hydrogens is 262 g/mol. The first-order valence-electron chi connectivity index (χ1n) is 5.54. The highest BCUT2D eigenvalue weighted by Crippen LogP contribution is 2.27. The summed E-state index contributed by atoms with van der Waals surface area (Å²) >= 11 is 11.4. The van der Waals surface area contributed by atoms with E-state index in [1.165, 1.54) is 12.1 Å². The van der Waals surface area contributed by atoms with E-state index in [4.69, 9.17) is 28.9 Å². The quantitative estimate of drug-likeness (QED) is 0.805. The topological polar surface area (TPSA) is 38.0 Å². The fourth-order valence-corrected chi connectivity index (χ4v) is 1.98. The van der Waals surface area contributed by atoms with Gasteiger partial charge >= 0.3 is 0 Å². The average Bonchev–Trinajstić information content (AvgIpc) is 2.26. The number of rotatable bonds is 5. The summed E-state index contributed by atoms with van der Waals surface area (Å²) in [5.41, 5.74) is 6.38. The Bertz CT molecular complexity index is 360. The fraction of sp³-hybridized carbons (Fsp3) is 0.500. The molecule has 0 saturated heterocycles. The Balaban J connectivity index is 2.69. The van der Waals surface area contributed by atoms with Crippen LogP contribution >= 0.6 is 23.2 Å². The van der Waals surface area contributed by atoms with Crippen molar-refractivity contribution in [3.8, 4) is 0 Å². The van der Waals surface area contributed by atoms with Crippen molar-refractivity contribution in [3.63, 3.8) is 0 Å². The highest BCUT2D eigenvalue weighted by molar-refractivity contribution is 6.35. The highest BCUT2D eigenvalue weighted by Gasteiger charge is 2.12. The van der Waals surface area contributed by atoms with Crippen molar-refractivity contribution in [1.82, 2.24) is 0 Å². The van der Waals surface area contributed by atoms with Gasteiger partial charge in [-0.25, -0.2) is 4.39 Å². The number of nitrogens with two attached hydrogens (primary N) is 1. The molecule has 0 aliphatic heterocycles. The molecule has 2 nitrogen and oxygen atoms in total. The van der Waals surface area contributed by atoms with Crippen LogP contribution in [0.25, 0.3) is 0 Å². The smallest absolute Gasteiger partial charge is 0.160 e. The van der Waals surface area contributed by atoms with E-state index in [0.29, 0.717) is 30.6 Å². The Morgan fingerprint density at radius 1 is 1.29 bits per heavy atom. The molecule has 5 heteroatoms. The van der Waals surface area contributed by atoms with Gasteiger partial charge in [0.05, 0.1) is 10.0 Å². The zero-order valence-electron chi connectivity index (χ0n) is 9.93. The summed E-state index contributed by atoms with van der Waals surface area (Å²) in [6, 6.07) is 3.05. The number of hydrogen-bond donors (Lipinski definition) is 2. The first-order chi connectivity index (χ1) is 7.95. The summed E-state index contributed by atoms with van der Waals surface area (Å²) in [5.74, 6) is 0.259. The van der Waals surface area contributed by atoms with E-state index in [1.807, 2.05) is 0 Å². The van der Waals surface area contributed by atoms with Gasteiger partial charge in [0.2, 0.25) is 0 Å². The van der Waals surface area contributed by atoms with E-state index in [0.717, 1.165) is 0 Å². The van der Waals surface area contributed by atoms with E-state index in [9.17, 15) is 4.39 Å². The lowest BCUT2D eigenvalue weighted by Crippen LogP contribution is -2.27. The number of nitrogens with one attached hydrogen (secondary N) is 1. The Hall–Kier alpha value is -0.510. The van der Waals surface area contributed by atoms with Gasteiger partial charge in [-0.15, -0.1) is 0 Å². The lowest BCUT2D eigenvalue weighted by atomic mass is 9.96. The van der Waals surface area contributed by atoms with Crippen LogP contribution in [0.4, 0.5) is 10.1 Å². The molecule has 1 unspecified atom stereocenters. The van der Waals surface area contributed by atoms with Gasteiger partial charge in [0.15, 0.2) is 5.82 Å². The van der Waals surface area contributed by atoms with Crippen LogP contribution in [0.15, 0.2) is 12.1 Å². The minimum absolute atomic E-state index is 0.0221. The molecule has 0 aliphatic rings. The van der Waals surface area contributed by atoms with E-state index < -0.39 is 5.82 Å². The minimum atomic E-state index is -0.585. The maximum absolute atomic E-state index is 13.2. The molecule has 1 rings (SSSR count). The van der Waals surface area contributed by atoms with Gasteiger partial charge in [-0.3, -0.25) is 0 Å². The number of anilines is 1. The van der Waals surface area contributed by atoms with Crippen LogP contribution in [0.3, 0.4) is 0 Å². The number of halogens is 3.